The highest BCUT2D eigenvalue weighted by Crippen LogP contribution is 2.19. The summed E-state index contributed by atoms with van der Waals surface area (Å²) in [5.74, 6) is 0.564. The molecule has 1 fully saturated rings. The summed E-state index contributed by atoms with van der Waals surface area (Å²) in [6.07, 6.45) is 18.9. The molecule has 1 aliphatic rings. The van der Waals surface area contributed by atoms with Gasteiger partial charge in [0.05, 0.1) is 19.1 Å². The summed E-state index contributed by atoms with van der Waals surface area (Å²) in [7, 11) is 2.15. The second kappa shape index (κ2) is 26.9. The first-order valence-electron chi connectivity index (χ1n) is 17.5. The number of nitrogens with zero attached hydrogens (tertiary/aromatic N) is 3. The Balaban J connectivity index is 2.15. The van der Waals surface area contributed by atoms with Crippen LogP contribution in [0.2, 0.25) is 0 Å². The topological polar surface area (TPSA) is 65.5 Å². The predicted molar refractivity (Wildman–Crippen MR) is 173 cm³/mol. The first kappa shape index (κ1) is 38.3. The largest absolute Gasteiger partial charge is 0.466 e. The van der Waals surface area contributed by atoms with Crippen LogP contribution in [0.3, 0.4) is 0 Å². The quantitative estimate of drug-likeness (QED) is 0.0848. The summed E-state index contributed by atoms with van der Waals surface area (Å²) in [6, 6.07) is 0. The molecule has 7 nitrogen and oxygen atoms in total. The fraction of sp³-hybridized carbons (Fsp3) is 0.971. The highest BCUT2D eigenvalue weighted by atomic mass is 16.5. The summed E-state index contributed by atoms with van der Waals surface area (Å²) in [5, 5.41) is 10.6. The summed E-state index contributed by atoms with van der Waals surface area (Å²) in [4.78, 5) is 19.2. The van der Waals surface area contributed by atoms with Gasteiger partial charge in [0, 0.05) is 59.0 Å². The number of rotatable bonds is 28. The van der Waals surface area contributed by atoms with Crippen molar-refractivity contribution in [1.29, 1.82) is 0 Å². The zero-order chi connectivity index (χ0) is 30.0. The average molecular weight is 584 g/mol. The summed E-state index contributed by atoms with van der Waals surface area (Å²) in [5.41, 5.74) is 0. The summed E-state index contributed by atoms with van der Waals surface area (Å²) < 4.78 is 11.6. The van der Waals surface area contributed by atoms with Crippen molar-refractivity contribution in [2.75, 3.05) is 79.2 Å². The molecule has 0 aromatic rings. The third-order valence-electron chi connectivity index (χ3n) is 8.44. The van der Waals surface area contributed by atoms with Gasteiger partial charge in [-0.1, -0.05) is 85.0 Å². The van der Waals surface area contributed by atoms with Gasteiger partial charge in [0.15, 0.2) is 0 Å². The molecule has 0 saturated carbocycles. The smallest absolute Gasteiger partial charge is 0.307 e. The van der Waals surface area contributed by atoms with Gasteiger partial charge in [-0.2, -0.15) is 0 Å². The Labute approximate surface area is 254 Å². The number of carbonyl (C=O) groups excluding carboxylic acids is 1. The average Bonchev–Trinajstić information content (AvgIpc) is 2.96. The molecule has 1 heterocycles. The SMILES string of the molecule is CCCCCCCCC(CCCCCC)COCCCCOC(=O)CCN(CCC)CC(O)CN1CCN(C)CC1. The van der Waals surface area contributed by atoms with Gasteiger partial charge in [-0.25, -0.2) is 0 Å². The minimum absolute atomic E-state index is 0.133. The predicted octanol–water partition coefficient (Wildman–Crippen LogP) is 6.37. The molecule has 1 rings (SSSR count). The Morgan fingerprint density at radius 1 is 0.780 bits per heavy atom. The normalized spacial score (nSPS) is 16.3. The molecule has 0 amide bonds. The van der Waals surface area contributed by atoms with Crippen LogP contribution in [0.4, 0.5) is 0 Å². The molecule has 0 aromatic heterocycles. The zero-order valence-electron chi connectivity index (χ0n) is 27.8. The van der Waals surface area contributed by atoms with Crippen molar-refractivity contribution in [2.24, 2.45) is 5.92 Å². The van der Waals surface area contributed by atoms with Crippen molar-refractivity contribution >= 4 is 5.97 Å². The number of hydrogen-bond donors (Lipinski definition) is 1. The van der Waals surface area contributed by atoms with Crippen LogP contribution in [-0.2, 0) is 14.3 Å². The molecule has 1 aliphatic heterocycles. The van der Waals surface area contributed by atoms with Crippen LogP contribution in [0.25, 0.3) is 0 Å². The Morgan fingerprint density at radius 3 is 2.05 bits per heavy atom. The molecule has 244 valence electrons. The van der Waals surface area contributed by atoms with Crippen LogP contribution < -0.4 is 0 Å². The Kier molecular flexibility index (Phi) is 25.1. The van der Waals surface area contributed by atoms with Gasteiger partial charge in [-0.05, 0) is 51.6 Å². The van der Waals surface area contributed by atoms with Gasteiger partial charge >= 0.3 is 5.97 Å². The van der Waals surface area contributed by atoms with E-state index in [-0.39, 0.29) is 12.1 Å². The summed E-state index contributed by atoms with van der Waals surface area (Å²) >= 11 is 0. The molecule has 0 bridgehead atoms. The van der Waals surface area contributed by atoms with Crippen molar-refractivity contribution in [3.8, 4) is 0 Å². The molecule has 0 aliphatic carbocycles. The van der Waals surface area contributed by atoms with Crippen LogP contribution >= 0.6 is 0 Å². The lowest BCUT2D eigenvalue weighted by molar-refractivity contribution is -0.144. The number of carbonyl (C=O) groups is 1. The molecule has 2 atom stereocenters. The number of likely N-dealkylation sites (N-methyl/N-ethyl adjacent to an activating group) is 1. The first-order chi connectivity index (χ1) is 20.0. The van der Waals surface area contributed by atoms with Gasteiger partial charge in [-0.15, -0.1) is 0 Å². The van der Waals surface area contributed by atoms with Crippen molar-refractivity contribution in [2.45, 2.75) is 130 Å². The number of aliphatic hydroxyl groups is 1. The third-order valence-corrected chi connectivity index (χ3v) is 8.44. The van der Waals surface area contributed by atoms with Crippen molar-refractivity contribution in [1.82, 2.24) is 14.7 Å². The van der Waals surface area contributed by atoms with E-state index in [1.165, 1.54) is 77.0 Å². The third kappa shape index (κ3) is 22.5. The molecule has 1 N–H and O–H groups in total. The lowest BCUT2D eigenvalue weighted by Gasteiger charge is -2.34. The molecule has 2 unspecified atom stereocenters. The molecular formula is C34H69N3O4. The number of unbranched alkanes of at least 4 members (excludes halogenated alkanes) is 9. The van der Waals surface area contributed by atoms with E-state index >= 15 is 0 Å². The fourth-order valence-electron chi connectivity index (χ4n) is 5.74. The maximum Gasteiger partial charge on any atom is 0.307 e. The highest BCUT2D eigenvalue weighted by Gasteiger charge is 2.19. The van der Waals surface area contributed by atoms with E-state index in [1.54, 1.807) is 0 Å². The first-order valence-corrected chi connectivity index (χ1v) is 17.5. The van der Waals surface area contributed by atoms with Gasteiger partial charge in [0.25, 0.3) is 0 Å². The molecule has 41 heavy (non-hydrogen) atoms. The number of aliphatic hydroxyl groups excluding tert-OH is 1. The van der Waals surface area contributed by atoms with Crippen molar-refractivity contribution in [3.63, 3.8) is 0 Å². The Bertz CT molecular complexity index is 586. The van der Waals surface area contributed by atoms with E-state index in [2.05, 4.69) is 42.5 Å². The Morgan fingerprint density at radius 2 is 1.39 bits per heavy atom. The van der Waals surface area contributed by atoms with Crippen LogP contribution in [-0.4, -0.2) is 111 Å². The monoisotopic (exact) mass is 584 g/mol. The van der Waals surface area contributed by atoms with Crippen LogP contribution in [0.15, 0.2) is 0 Å². The van der Waals surface area contributed by atoms with E-state index in [0.717, 1.165) is 65.2 Å². The van der Waals surface area contributed by atoms with Gasteiger partial charge in [0.2, 0.25) is 0 Å². The van der Waals surface area contributed by atoms with E-state index in [9.17, 15) is 9.90 Å². The maximum absolute atomic E-state index is 12.3. The van der Waals surface area contributed by atoms with E-state index in [4.69, 9.17) is 9.47 Å². The number of esters is 1. The van der Waals surface area contributed by atoms with Gasteiger partial charge in [0.1, 0.15) is 0 Å². The summed E-state index contributed by atoms with van der Waals surface area (Å²) in [6.45, 7) is 15.8. The van der Waals surface area contributed by atoms with Crippen LogP contribution in [0.5, 0.6) is 0 Å². The minimum atomic E-state index is -0.386. The molecule has 0 aromatic carbocycles. The molecular weight excluding hydrogens is 514 g/mol. The van der Waals surface area contributed by atoms with Gasteiger partial charge in [-0.3, -0.25) is 9.69 Å². The van der Waals surface area contributed by atoms with E-state index < -0.39 is 0 Å². The molecule has 0 radical (unpaired) electrons. The van der Waals surface area contributed by atoms with Gasteiger partial charge < -0.3 is 24.4 Å². The van der Waals surface area contributed by atoms with Crippen LogP contribution in [0.1, 0.15) is 124 Å². The number of β-amino-alcohol motifs (C(OH)–C–C–N with tert-alkyl or cyclic N) is 1. The maximum atomic E-state index is 12.3. The minimum Gasteiger partial charge on any atom is -0.466 e. The fourth-order valence-corrected chi connectivity index (χ4v) is 5.74. The second-order valence-electron chi connectivity index (χ2n) is 12.6. The number of hydrogen-bond acceptors (Lipinski definition) is 7. The Hall–Kier alpha value is -0.730. The standard InChI is InChI=1S/C34H69N3O4/c1-5-8-10-12-13-15-19-32(18-14-11-9-6-2)31-40-27-16-17-28-41-34(39)20-22-36(21-7-3)29-33(38)30-37-25-23-35(4)24-26-37/h32-33,38H,5-31H2,1-4H3. The second-order valence-corrected chi connectivity index (χ2v) is 12.6. The van der Waals surface area contributed by atoms with E-state index in [1.807, 2.05) is 0 Å². The lowest BCUT2D eigenvalue weighted by atomic mass is 9.95. The van der Waals surface area contributed by atoms with Crippen molar-refractivity contribution < 1.29 is 19.4 Å². The molecule has 7 heteroatoms. The van der Waals surface area contributed by atoms with Crippen LogP contribution in [0, 0.1) is 5.92 Å². The van der Waals surface area contributed by atoms with E-state index in [0.29, 0.717) is 38.6 Å². The number of piperazine rings is 1. The number of ether oxygens (including phenoxy) is 2. The molecule has 0 spiro atoms. The van der Waals surface area contributed by atoms with Crippen molar-refractivity contribution in [3.05, 3.63) is 0 Å². The lowest BCUT2D eigenvalue weighted by Crippen LogP contribution is -2.49. The molecule has 1 saturated heterocycles. The zero-order valence-corrected chi connectivity index (χ0v) is 27.8. The highest BCUT2D eigenvalue weighted by molar-refractivity contribution is 5.69.